The van der Waals surface area contributed by atoms with Gasteiger partial charge in [-0.3, -0.25) is 4.79 Å². The van der Waals surface area contributed by atoms with Crippen molar-refractivity contribution in [2.75, 3.05) is 24.6 Å². The van der Waals surface area contributed by atoms with Crippen LogP contribution in [0, 0.1) is 23.0 Å². The molecule has 0 N–H and O–H groups in total. The highest BCUT2D eigenvalue weighted by Crippen LogP contribution is 2.49. The van der Waals surface area contributed by atoms with Crippen LogP contribution < -0.4 is 4.90 Å². The summed E-state index contributed by atoms with van der Waals surface area (Å²) in [4.78, 5) is 21.4. The smallest absolute Gasteiger partial charge is 0.248 e. The molecule has 4 fully saturated rings. The lowest BCUT2D eigenvalue weighted by atomic mass is 9.90. The SMILES string of the molecule is N#Cc1ccc(N2C[C@@H]3CC[C@H]2CN3C(=O)COC2(c3ccc(F)c(F)c3)CC2)nc1. The van der Waals surface area contributed by atoms with E-state index in [1.807, 2.05) is 11.0 Å². The topological polar surface area (TPSA) is 69.5 Å². The molecular formula is C23H22F2N4O2. The van der Waals surface area contributed by atoms with E-state index >= 15 is 0 Å². The maximum atomic E-state index is 13.6. The average molecular weight is 424 g/mol. The van der Waals surface area contributed by atoms with E-state index in [2.05, 4.69) is 16.0 Å². The summed E-state index contributed by atoms with van der Waals surface area (Å²) in [7, 11) is 0. The lowest BCUT2D eigenvalue weighted by molar-refractivity contribution is -0.144. The van der Waals surface area contributed by atoms with Crippen LogP contribution in [0.4, 0.5) is 14.6 Å². The molecule has 2 atom stereocenters. The first kappa shape index (κ1) is 19.9. The summed E-state index contributed by atoms with van der Waals surface area (Å²) in [6, 6.07) is 9.74. The minimum Gasteiger partial charge on any atom is -0.360 e. The summed E-state index contributed by atoms with van der Waals surface area (Å²) in [6.07, 6.45) is 4.86. The van der Waals surface area contributed by atoms with Gasteiger partial charge in [-0.2, -0.15) is 5.26 Å². The Hall–Kier alpha value is -3.05. The van der Waals surface area contributed by atoms with Gasteiger partial charge >= 0.3 is 0 Å². The van der Waals surface area contributed by atoms with E-state index in [-0.39, 0.29) is 24.6 Å². The first-order chi connectivity index (χ1) is 15.0. The molecule has 4 heterocycles. The number of piperazine rings is 1. The lowest BCUT2D eigenvalue weighted by Gasteiger charge is -2.52. The number of piperidine rings is 2. The lowest BCUT2D eigenvalue weighted by Crippen LogP contribution is -2.64. The summed E-state index contributed by atoms with van der Waals surface area (Å²) >= 11 is 0. The Bertz CT molecular complexity index is 1050. The molecule has 1 amide bonds. The molecule has 4 aliphatic rings. The van der Waals surface area contributed by atoms with Gasteiger partial charge in [0.25, 0.3) is 0 Å². The van der Waals surface area contributed by atoms with Crippen molar-refractivity contribution in [2.24, 2.45) is 0 Å². The number of aromatic nitrogens is 1. The van der Waals surface area contributed by atoms with E-state index < -0.39 is 17.2 Å². The number of halogens is 2. The standard InChI is InChI=1S/C23H22F2N4O2/c24-19-5-2-16(9-20(19)25)23(7-8-23)31-14-22(30)29-13-17-3-4-18(29)12-28(17)21-6-1-15(10-26)11-27-21/h1-2,5-6,9,11,17-18H,3-4,7-8,12-14H2/t17-,18-/m0/s1. The molecule has 3 aliphatic heterocycles. The number of ether oxygens (including phenoxy) is 1. The molecule has 6 nitrogen and oxygen atoms in total. The third kappa shape index (κ3) is 3.63. The molecule has 0 radical (unpaired) electrons. The molecule has 8 heteroatoms. The van der Waals surface area contributed by atoms with Gasteiger partial charge in [0.1, 0.15) is 18.5 Å². The third-order valence-electron chi connectivity index (χ3n) is 6.64. The van der Waals surface area contributed by atoms with Gasteiger partial charge in [-0.25, -0.2) is 13.8 Å². The van der Waals surface area contributed by atoms with Gasteiger partial charge in [0.2, 0.25) is 5.91 Å². The van der Waals surface area contributed by atoms with Gasteiger partial charge in [-0.05, 0) is 55.5 Å². The number of amides is 1. The van der Waals surface area contributed by atoms with Gasteiger partial charge in [0, 0.05) is 31.4 Å². The fraction of sp³-hybridized carbons (Fsp3) is 0.435. The molecule has 2 bridgehead atoms. The van der Waals surface area contributed by atoms with Gasteiger partial charge in [-0.15, -0.1) is 0 Å². The number of nitrogens with zero attached hydrogens (tertiary/aromatic N) is 4. The fourth-order valence-corrected chi connectivity index (χ4v) is 4.73. The van der Waals surface area contributed by atoms with Crippen molar-refractivity contribution in [2.45, 2.75) is 43.4 Å². The van der Waals surface area contributed by atoms with Crippen LogP contribution in [0.3, 0.4) is 0 Å². The Morgan fingerprint density at radius 1 is 1.16 bits per heavy atom. The molecule has 0 spiro atoms. The molecule has 3 saturated heterocycles. The maximum absolute atomic E-state index is 13.6. The van der Waals surface area contributed by atoms with Gasteiger partial charge in [-0.1, -0.05) is 6.07 Å². The molecule has 1 saturated carbocycles. The molecular weight excluding hydrogens is 402 g/mol. The predicted molar refractivity (Wildman–Crippen MR) is 108 cm³/mol. The highest BCUT2D eigenvalue weighted by molar-refractivity contribution is 5.78. The summed E-state index contributed by atoms with van der Waals surface area (Å²) in [5, 5.41) is 8.96. The van der Waals surface area contributed by atoms with Crippen molar-refractivity contribution in [3.63, 3.8) is 0 Å². The summed E-state index contributed by atoms with van der Waals surface area (Å²) < 4.78 is 32.8. The summed E-state index contributed by atoms with van der Waals surface area (Å²) in [5.41, 5.74) is 0.421. The number of benzene rings is 1. The third-order valence-corrected chi connectivity index (χ3v) is 6.64. The molecule has 31 heavy (non-hydrogen) atoms. The zero-order valence-electron chi connectivity index (χ0n) is 16.9. The van der Waals surface area contributed by atoms with E-state index in [0.29, 0.717) is 37.1 Å². The van der Waals surface area contributed by atoms with Gasteiger partial charge in [0.05, 0.1) is 11.2 Å². The Kier molecular flexibility index (Phi) is 4.86. The van der Waals surface area contributed by atoms with Crippen LogP contribution >= 0.6 is 0 Å². The highest BCUT2D eigenvalue weighted by Gasteiger charge is 2.48. The second-order valence-electron chi connectivity index (χ2n) is 8.51. The Balaban J connectivity index is 1.22. The first-order valence-electron chi connectivity index (χ1n) is 10.5. The Morgan fingerprint density at radius 2 is 1.97 bits per heavy atom. The zero-order valence-corrected chi connectivity index (χ0v) is 16.9. The molecule has 1 aromatic heterocycles. The Labute approximate surface area is 179 Å². The van der Waals surface area contributed by atoms with E-state index in [9.17, 15) is 13.6 Å². The van der Waals surface area contributed by atoms with Crippen molar-refractivity contribution in [1.29, 1.82) is 5.26 Å². The minimum atomic E-state index is -0.899. The van der Waals surface area contributed by atoms with Crippen LogP contribution in [0.1, 0.15) is 36.8 Å². The number of carbonyl (C=O) groups excluding carboxylic acids is 1. The number of hydrogen-bond acceptors (Lipinski definition) is 5. The van der Waals surface area contributed by atoms with E-state index in [1.165, 1.54) is 6.07 Å². The van der Waals surface area contributed by atoms with Crippen LogP contribution in [-0.2, 0) is 15.1 Å². The second-order valence-corrected chi connectivity index (χ2v) is 8.51. The average Bonchev–Trinajstić information content (AvgIpc) is 3.60. The minimum absolute atomic E-state index is 0.0721. The number of hydrogen-bond donors (Lipinski definition) is 0. The van der Waals surface area contributed by atoms with Crippen LogP contribution in [0.15, 0.2) is 36.5 Å². The predicted octanol–water partition coefficient (Wildman–Crippen LogP) is 3.12. The van der Waals surface area contributed by atoms with E-state index in [0.717, 1.165) is 30.8 Å². The molecule has 1 aliphatic carbocycles. The number of carbonyl (C=O) groups is 1. The van der Waals surface area contributed by atoms with Crippen LogP contribution in [0.5, 0.6) is 0 Å². The normalized spacial score (nSPS) is 23.5. The maximum Gasteiger partial charge on any atom is 0.248 e. The van der Waals surface area contributed by atoms with Gasteiger partial charge < -0.3 is 14.5 Å². The summed E-state index contributed by atoms with van der Waals surface area (Å²) in [6.45, 7) is 1.23. The van der Waals surface area contributed by atoms with Crippen LogP contribution in [0.2, 0.25) is 0 Å². The van der Waals surface area contributed by atoms with Crippen LogP contribution in [-0.4, -0.2) is 47.6 Å². The van der Waals surface area contributed by atoms with Crippen molar-refractivity contribution < 1.29 is 18.3 Å². The number of rotatable bonds is 5. The number of anilines is 1. The number of nitriles is 1. The van der Waals surface area contributed by atoms with Crippen molar-refractivity contribution in [3.8, 4) is 6.07 Å². The quantitative estimate of drug-likeness (QED) is 0.738. The molecule has 0 unspecified atom stereocenters. The van der Waals surface area contributed by atoms with Gasteiger partial charge in [0.15, 0.2) is 11.6 Å². The largest absolute Gasteiger partial charge is 0.360 e. The van der Waals surface area contributed by atoms with Crippen molar-refractivity contribution in [3.05, 3.63) is 59.3 Å². The zero-order chi connectivity index (χ0) is 21.6. The van der Waals surface area contributed by atoms with E-state index in [4.69, 9.17) is 10.00 Å². The highest BCUT2D eigenvalue weighted by atomic mass is 19.2. The van der Waals surface area contributed by atoms with E-state index in [1.54, 1.807) is 12.3 Å². The first-order valence-corrected chi connectivity index (χ1v) is 10.5. The van der Waals surface area contributed by atoms with Crippen molar-refractivity contribution >= 4 is 11.7 Å². The fourth-order valence-electron chi connectivity index (χ4n) is 4.73. The van der Waals surface area contributed by atoms with Crippen molar-refractivity contribution in [1.82, 2.24) is 9.88 Å². The number of fused-ring (bicyclic) bond motifs is 3. The Morgan fingerprint density at radius 3 is 2.58 bits per heavy atom. The molecule has 2 aromatic rings. The molecule has 6 rings (SSSR count). The van der Waals surface area contributed by atoms with Crippen LogP contribution in [0.25, 0.3) is 0 Å². The molecule has 1 aromatic carbocycles. The summed E-state index contributed by atoms with van der Waals surface area (Å²) in [5.74, 6) is -1.03. The second kappa shape index (κ2) is 7.57. The monoisotopic (exact) mass is 424 g/mol. The molecule has 160 valence electrons. The number of pyridine rings is 1.